The minimum atomic E-state index is -0.873. The van der Waals surface area contributed by atoms with Crippen molar-refractivity contribution in [1.82, 2.24) is 0 Å². The van der Waals surface area contributed by atoms with Gasteiger partial charge in [0.25, 0.3) is 11.8 Å². The second-order valence-corrected chi connectivity index (χ2v) is 20.2. The molecule has 4 amide bonds. The molecule has 0 saturated heterocycles. The van der Waals surface area contributed by atoms with Crippen LogP contribution in [0.1, 0.15) is 99.1 Å². The van der Waals surface area contributed by atoms with Gasteiger partial charge in [0.1, 0.15) is 12.4 Å². The van der Waals surface area contributed by atoms with Crippen LogP contribution in [0, 0.1) is 0 Å². The Morgan fingerprint density at radius 1 is 0.574 bits per heavy atom. The molecule has 2 atom stereocenters. The first kappa shape index (κ1) is 56.7. The largest absolute Gasteiger partial charge is 0.492 e. The van der Waals surface area contributed by atoms with Crippen molar-refractivity contribution in [3.8, 4) is 5.75 Å². The van der Waals surface area contributed by atoms with E-state index >= 15 is 0 Å². The van der Waals surface area contributed by atoms with Gasteiger partial charge >= 0.3 is 0 Å². The molecular weight excluding hydrogens is 907 g/mol. The van der Waals surface area contributed by atoms with Crippen LogP contribution in [0.25, 0.3) is 0 Å². The number of hydrogen-bond acceptors (Lipinski definition) is 14. The Balaban J connectivity index is 2.11. The topological polar surface area (TPSA) is 385 Å². The summed E-state index contributed by atoms with van der Waals surface area (Å²) in [6, 6.07) is 10.2. The molecule has 0 aromatic heterocycles. The Morgan fingerprint density at radius 3 is 1.26 bits per heavy atom. The van der Waals surface area contributed by atoms with Crippen LogP contribution in [0.5, 0.6) is 5.75 Å². The monoisotopic (exact) mass is 980 g/mol. The molecule has 22 heteroatoms. The van der Waals surface area contributed by atoms with E-state index < -0.39 is 46.5 Å². The number of amides is 4. The van der Waals surface area contributed by atoms with E-state index in [-0.39, 0.29) is 41.9 Å². The quantitative estimate of drug-likeness (QED) is 0.0251. The average molecular weight is 980 g/mol. The number of benzene rings is 3. The summed E-state index contributed by atoms with van der Waals surface area (Å²) in [6.07, 6.45) is 1.60. The summed E-state index contributed by atoms with van der Waals surface area (Å²) >= 11 is 2.71. The molecule has 0 saturated carbocycles. The van der Waals surface area contributed by atoms with Crippen LogP contribution in [-0.4, -0.2) is 98.5 Å². The molecule has 0 unspecified atom stereocenters. The average Bonchev–Trinajstić information content (AvgIpc) is 3.26. The van der Waals surface area contributed by atoms with Crippen LogP contribution in [0.3, 0.4) is 0 Å². The van der Waals surface area contributed by atoms with Crippen LogP contribution < -0.4 is 77.6 Å². The first-order valence-electron chi connectivity index (χ1n) is 22.4. The fourth-order valence-corrected chi connectivity index (χ4v) is 8.10. The summed E-state index contributed by atoms with van der Waals surface area (Å²) in [5, 5.41) is 12.0. The number of nitrogens with zero attached hydrogens (tertiary/aromatic N) is 2. The highest BCUT2D eigenvalue weighted by molar-refractivity contribution is 7.99. The molecule has 0 aliphatic rings. The highest BCUT2D eigenvalue weighted by Gasteiger charge is 2.26. The minimum absolute atomic E-state index is 0.0462. The summed E-state index contributed by atoms with van der Waals surface area (Å²) in [6.45, 7) is 13.6. The SMILES string of the molecule is CC(C)(C)c1cc(NC(=O)c2cc(OCCN)cc(C(=O)Nc3cc(C(C)(C)C)cc(NC(=O)[C@@H](N)CCCN=C(N)N)c3SCCN)c2)c(SCCN)c(NC(=O)[C@@H](N)CCCN=C(N)N)c1. The molecule has 374 valence electrons. The number of hydrogen-bond donors (Lipinski definition) is 13. The third-order valence-electron chi connectivity index (χ3n) is 10.1. The van der Waals surface area contributed by atoms with Crippen LogP contribution >= 0.6 is 23.5 Å². The second-order valence-electron chi connectivity index (χ2n) is 18.0. The van der Waals surface area contributed by atoms with Gasteiger partial charge in [0.15, 0.2) is 11.9 Å². The lowest BCUT2D eigenvalue weighted by atomic mass is 9.86. The van der Waals surface area contributed by atoms with Gasteiger partial charge in [0.05, 0.1) is 44.6 Å². The summed E-state index contributed by atoms with van der Waals surface area (Å²) in [5.41, 5.74) is 54.7. The standard InChI is InChI=1S/C46H73N15O5S2/c1-45(2,3)28-22-33(37(67-17-12-48)35(24-28)60-41(64)31(50)9-7-14-56-43(52)53)58-39(62)26-19-27(21-30(20-26)66-16-11-47)40(63)59-34-23-29(46(4,5)6)25-36(38(34)68-18-13-49)61-42(65)32(51)10-8-15-57-44(54)55/h19-25,31-32H,7-18,47-51H2,1-6H3,(H,58,62)(H,59,63)(H,60,64)(H,61,65)(H4,52,53,56)(H4,54,55,57)/t31-,32-/m0/s1. The van der Waals surface area contributed by atoms with Crippen molar-refractivity contribution in [3.05, 3.63) is 64.7 Å². The van der Waals surface area contributed by atoms with Gasteiger partial charge in [-0.25, -0.2) is 0 Å². The lowest BCUT2D eigenvalue weighted by Crippen LogP contribution is -2.36. The van der Waals surface area contributed by atoms with E-state index in [1.807, 2.05) is 65.8 Å². The van der Waals surface area contributed by atoms with Crippen LogP contribution in [-0.2, 0) is 20.4 Å². The number of thioether (sulfide) groups is 2. The predicted octanol–water partition coefficient (Wildman–Crippen LogP) is 2.86. The molecule has 0 aliphatic heterocycles. The zero-order valence-electron chi connectivity index (χ0n) is 40.1. The van der Waals surface area contributed by atoms with Gasteiger partial charge in [-0.3, -0.25) is 29.2 Å². The molecule has 3 aromatic rings. The van der Waals surface area contributed by atoms with E-state index in [1.54, 1.807) is 0 Å². The molecule has 20 nitrogen and oxygen atoms in total. The lowest BCUT2D eigenvalue weighted by Gasteiger charge is -2.25. The van der Waals surface area contributed by atoms with E-state index in [9.17, 15) is 19.2 Å². The fourth-order valence-electron chi connectivity index (χ4n) is 6.39. The Kier molecular flexibility index (Phi) is 22.3. The smallest absolute Gasteiger partial charge is 0.255 e. The van der Waals surface area contributed by atoms with Gasteiger partial charge in [-0.2, -0.15) is 0 Å². The molecule has 0 radical (unpaired) electrons. The van der Waals surface area contributed by atoms with Crippen molar-refractivity contribution in [2.45, 2.75) is 99.9 Å². The van der Waals surface area contributed by atoms with Crippen molar-refractivity contribution >= 4 is 81.8 Å². The Bertz CT molecular complexity index is 2120. The Hall–Kier alpha value is -5.62. The molecule has 0 fully saturated rings. The van der Waals surface area contributed by atoms with Crippen molar-refractivity contribution in [1.29, 1.82) is 0 Å². The van der Waals surface area contributed by atoms with Gasteiger partial charge in [-0.15, -0.1) is 23.5 Å². The van der Waals surface area contributed by atoms with Gasteiger partial charge < -0.3 is 77.6 Å². The molecule has 0 spiro atoms. The van der Waals surface area contributed by atoms with Gasteiger partial charge in [0, 0.05) is 55.4 Å². The molecule has 22 N–H and O–H groups in total. The minimum Gasteiger partial charge on any atom is -0.492 e. The van der Waals surface area contributed by atoms with Crippen molar-refractivity contribution in [2.75, 3.05) is 72.1 Å². The lowest BCUT2D eigenvalue weighted by molar-refractivity contribution is -0.118. The summed E-state index contributed by atoms with van der Waals surface area (Å²) < 4.78 is 5.90. The molecule has 0 heterocycles. The van der Waals surface area contributed by atoms with Gasteiger partial charge in [0.2, 0.25) is 11.8 Å². The number of carbonyl (C=O) groups is 4. The number of nitrogens with one attached hydrogen (secondary N) is 4. The highest BCUT2D eigenvalue weighted by Crippen LogP contribution is 2.41. The Labute approximate surface area is 408 Å². The number of rotatable bonds is 25. The van der Waals surface area contributed by atoms with E-state index in [2.05, 4.69) is 31.3 Å². The molecule has 0 bridgehead atoms. The third kappa shape index (κ3) is 18.1. The number of guanidine groups is 2. The van der Waals surface area contributed by atoms with Crippen LogP contribution in [0.4, 0.5) is 22.7 Å². The first-order chi connectivity index (χ1) is 32.0. The second kappa shape index (κ2) is 26.8. The molecule has 3 aromatic carbocycles. The van der Waals surface area contributed by atoms with E-state index in [1.165, 1.54) is 41.7 Å². The maximum Gasteiger partial charge on any atom is 0.255 e. The number of nitrogens with two attached hydrogens (primary N) is 9. The van der Waals surface area contributed by atoms with Gasteiger partial charge in [-0.1, -0.05) is 41.5 Å². The maximum atomic E-state index is 14.5. The predicted molar refractivity (Wildman–Crippen MR) is 280 cm³/mol. The number of ether oxygens (including phenoxy) is 1. The third-order valence-corrected chi connectivity index (χ3v) is 12.4. The summed E-state index contributed by atoms with van der Waals surface area (Å²) in [7, 11) is 0. The van der Waals surface area contributed by atoms with Crippen LogP contribution in [0.15, 0.2) is 62.2 Å². The van der Waals surface area contributed by atoms with E-state index in [4.69, 9.17) is 56.3 Å². The van der Waals surface area contributed by atoms with Crippen LogP contribution in [0.2, 0.25) is 0 Å². The zero-order chi connectivity index (χ0) is 50.8. The van der Waals surface area contributed by atoms with Crippen molar-refractivity contribution < 1.29 is 23.9 Å². The van der Waals surface area contributed by atoms with Crippen molar-refractivity contribution in [2.24, 2.45) is 61.6 Å². The summed E-state index contributed by atoms with van der Waals surface area (Å²) in [5.74, 6) is -0.957. The normalized spacial score (nSPS) is 12.3. The zero-order valence-corrected chi connectivity index (χ0v) is 41.8. The first-order valence-corrected chi connectivity index (χ1v) is 24.3. The number of aliphatic imine (C=N–C) groups is 2. The Morgan fingerprint density at radius 2 is 0.941 bits per heavy atom. The number of carbonyl (C=O) groups excluding carboxylic acids is 4. The van der Waals surface area contributed by atoms with Crippen molar-refractivity contribution in [3.63, 3.8) is 0 Å². The maximum absolute atomic E-state index is 14.5. The summed E-state index contributed by atoms with van der Waals surface area (Å²) in [4.78, 5) is 64.9. The van der Waals surface area contributed by atoms with Gasteiger partial charge in [-0.05, 0) is 90.1 Å². The molecule has 0 aliphatic carbocycles. The number of anilines is 4. The molecular formula is C46H73N15O5S2. The molecule has 68 heavy (non-hydrogen) atoms. The van der Waals surface area contributed by atoms with E-state index in [0.717, 1.165) is 11.1 Å². The highest BCUT2D eigenvalue weighted by atomic mass is 32.2. The fraction of sp³-hybridized carbons (Fsp3) is 0.478. The van der Waals surface area contributed by atoms with E-state index in [0.29, 0.717) is 95.9 Å². The molecule has 3 rings (SSSR count).